The standard InChI is InChI=1S/C14H19N3O3/c1-3-16(4-2)10-13-9-15-14(20-13)11-5-7-12(8-6-11)17(18)19/h5-8,13H,3-4,9-10H2,1-2H3/t13-/m1/s1. The Bertz CT molecular complexity index is 495. The van der Waals surface area contributed by atoms with Crippen LogP contribution in [0.3, 0.4) is 0 Å². The zero-order valence-corrected chi connectivity index (χ0v) is 11.8. The number of benzene rings is 1. The van der Waals surface area contributed by atoms with E-state index < -0.39 is 4.92 Å². The molecule has 0 aliphatic carbocycles. The van der Waals surface area contributed by atoms with E-state index in [0.717, 1.165) is 25.2 Å². The largest absolute Gasteiger partial charge is 0.471 e. The molecule has 6 nitrogen and oxygen atoms in total. The summed E-state index contributed by atoms with van der Waals surface area (Å²) in [5.41, 5.74) is 0.865. The highest BCUT2D eigenvalue weighted by atomic mass is 16.6. The summed E-state index contributed by atoms with van der Waals surface area (Å²) in [5, 5.41) is 10.6. The topological polar surface area (TPSA) is 68.0 Å². The van der Waals surface area contributed by atoms with Crippen LogP contribution in [0.1, 0.15) is 19.4 Å². The lowest BCUT2D eigenvalue weighted by molar-refractivity contribution is -0.384. The van der Waals surface area contributed by atoms with Crippen LogP contribution in [0.5, 0.6) is 0 Å². The molecule has 0 unspecified atom stereocenters. The van der Waals surface area contributed by atoms with Gasteiger partial charge in [-0.1, -0.05) is 13.8 Å². The number of nitrogens with zero attached hydrogens (tertiary/aromatic N) is 3. The normalized spacial score (nSPS) is 17.9. The Labute approximate surface area is 118 Å². The van der Waals surface area contributed by atoms with Crippen LogP contribution < -0.4 is 0 Å². The fourth-order valence-corrected chi connectivity index (χ4v) is 2.17. The Balaban J connectivity index is 1.96. The number of aliphatic imine (C=N–C) groups is 1. The van der Waals surface area contributed by atoms with E-state index in [9.17, 15) is 10.1 Å². The molecule has 2 rings (SSSR count). The van der Waals surface area contributed by atoms with Crippen molar-refractivity contribution in [2.45, 2.75) is 20.0 Å². The highest BCUT2D eigenvalue weighted by Gasteiger charge is 2.22. The van der Waals surface area contributed by atoms with Crippen LogP contribution in [0.25, 0.3) is 0 Å². The number of likely N-dealkylation sites (N-methyl/N-ethyl adjacent to an activating group) is 1. The van der Waals surface area contributed by atoms with E-state index in [1.165, 1.54) is 12.1 Å². The minimum atomic E-state index is -0.412. The lowest BCUT2D eigenvalue weighted by Crippen LogP contribution is -2.34. The average Bonchev–Trinajstić information content (AvgIpc) is 2.93. The summed E-state index contributed by atoms with van der Waals surface area (Å²) in [6.45, 7) is 7.72. The number of non-ortho nitro benzene ring substituents is 1. The van der Waals surface area contributed by atoms with Crippen molar-refractivity contribution in [1.82, 2.24) is 4.90 Å². The van der Waals surface area contributed by atoms with Crippen molar-refractivity contribution in [3.63, 3.8) is 0 Å². The van der Waals surface area contributed by atoms with E-state index in [4.69, 9.17) is 4.74 Å². The monoisotopic (exact) mass is 277 g/mol. The van der Waals surface area contributed by atoms with Crippen LogP contribution in [0.4, 0.5) is 5.69 Å². The van der Waals surface area contributed by atoms with Crippen molar-refractivity contribution in [3.05, 3.63) is 39.9 Å². The summed E-state index contributed by atoms with van der Waals surface area (Å²) >= 11 is 0. The van der Waals surface area contributed by atoms with Gasteiger partial charge < -0.3 is 9.64 Å². The smallest absolute Gasteiger partial charge is 0.269 e. The molecule has 1 heterocycles. The lowest BCUT2D eigenvalue weighted by Gasteiger charge is -2.21. The summed E-state index contributed by atoms with van der Waals surface area (Å²) in [5.74, 6) is 0.581. The zero-order chi connectivity index (χ0) is 14.5. The minimum Gasteiger partial charge on any atom is -0.471 e. The summed E-state index contributed by atoms with van der Waals surface area (Å²) < 4.78 is 5.82. The van der Waals surface area contributed by atoms with Gasteiger partial charge in [0.25, 0.3) is 5.69 Å². The fourth-order valence-electron chi connectivity index (χ4n) is 2.17. The van der Waals surface area contributed by atoms with Gasteiger partial charge >= 0.3 is 0 Å². The molecule has 1 aromatic rings. The van der Waals surface area contributed by atoms with Gasteiger partial charge in [0.2, 0.25) is 5.90 Å². The van der Waals surface area contributed by atoms with Crippen LogP contribution in [0, 0.1) is 10.1 Å². The lowest BCUT2D eigenvalue weighted by atomic mass is 10.2. The Kier molecular flexibility index (Phi) is 4.68. The van der Waals surface area contributed by atoms with Crippen LogP contribution in [-0.4, -0.2) is 48.0 Å². The Hall–Kier alpha value is -1.95. The maximum Gasteiger partial charge on any atom is 0.269 e. The molecule has 1 aromatic carbocycles. The predicted molar refractivity (Wildman–Crippen MR) is 77.2 cm³/mol. The van der Waals surface area contributed by atoms with Crippen LogP contribution in [0.15, 0.2) is 29.3 Å². The molecule has 1 atom stereocenters. The summed E-state index contributed by atoms with van der Waals surface area (Å²) in [7, 11) is 0. The van der Waals surface area contributed by atoms with Crippen molar-refractivity contribution in [2.24, 2.45) is 4.99 Å². The minimum absolute atomic E-state index is 0.0695. The van der Waals surface area contributed by atoms with E-state index in [-0.39, 0.29) is 11.8 Å². The molecule has 1 aliphatic rings. The number of nitro groups is 1. The quantitative estimate of drug-likeness (QED) is 0.589. The van der Waals surface area contributed by atoms with E-state index in [1.807, 2.05) is 0 Å². The SMILES string of the molecule is CCN(CC)C[C@H]1CN=C(c2ccc([N+](=O)[O-])cc2)O1. The van der Waals surface area contributed by atoms with E-state index in [1.54, 1.807) is 12.1 Å². The first-order chi connectivity index (χ1) is 9.63. The molecule has 0 saturated heterocycles. The van der Waals surface area contributed by atoms with E-state index in [2.05, 4.69) is 23.7 Å². The molecule has 0 radical (unpaired) electrons. The molecule has 6 heteroatoms. The molecule has 0 saturated carbocycles. The first kappa shape index (κ1) is 14.5. The van der Waals surface area contributed by atoms with Gasteiger partial charge in [0.1, 0.15) is 6.10 Å². The second kappa shape index (κ2) is 6.47. The van der Waals surface area contributed by atoms with Crippen LogP contribution in [-0.2, 0) is 4.74 Å². The average molecular weight is 277 g/mol. The molecular weight excluding hydrogens is 258 g/mol. The van der Waals surface area contributed by atoms with E-state index >= 15 is 0 Å². The molecule has 1 aliphatic heterocycles. The third-order valence-electron chi connectivity index (χ3n) is 3.40. The highest BCUT2D eigenvalue weighted by Crippen LogP contribution is 2.17. The molecule has 0 bridgehead atoms. The first-order valence-corrected chi connectivity index (χ1v) is 6.82. The van der Waals surface area contributed by atoms with Gasteiger partial charge in [-0.15, -0.1) is 0 Å². The van der Waals surface area contributed by atoms with Gasteiger partial charge in [0.05, 0.1) is 11.5 Å². The van der Waals surface area contributed by atoms with E-state index in [0.29, 0.717) is 12.4 Å². The molecule has 108 valence electrons. The fraction of sp³-hybridized carbons (Fsp3) is 0.500. The summed E-state index contributed by atoms with van der Waals surface area (Å²) in [6.07, 6.45) is 0.0695. The second-order valence-corrected chi connectivity index (χ2v) is 4.68. The number of hydrogen-bond donors (Lipinski definition) is 0. The molecular formula is C14H19N3O3. The zero-order valence-electron chi connectivity index (χ0n) is 11.8. The first-order valence-electron chi connectivity index (χ1n) is 6.82. The number of hydrogen-bond acceptors (Lipinski definition) is 5. The van der Waals surface area contributed by atoms with Gasteiger partial charge in [-0.25, -0.2) is 4.99 Å². The van der Waals surface area contributed by atoms with Crippen molar-refractivity contribution >= 4 is 11.6 Å². The maximum absolute atomic E-state index is 10.6. The third-order valence-corrected chi connectivity index (χ3v) is 3.40. The molecule has 0 fully saturated rings. The van der Waals surface area contributed by atoms with Crippen molar-refractivity contribution in [3.8, 4) is 0 Å². The van der Waals surface area contributed by atoms with Crippen LogP contribution in [0.2, 0.25) is 0 Å². The van der Waals surface area contributed by atoms with Crippen molar-refractivity contribution in [2.75, 3.05) is 26.2 Å². The van der Waals surface area contributed by atoms with Gasteiger partial charge in [-0.05, 0) is 25.2 Å². The molecule has 0 amide bonds. The van der Waals surface area contributed by atoms with Gasteiger partial charge in [0, 0.05) is 24.2 Å². The van der Waals surface area contributed by atoms with Gasteiger partial charge in [-0.2, -0.15) is 0 Å². The summed E-state index contributed by atoms with van der Waals surface area (Å²) in [4.78, 5) is 16.9. The molecule has 0 spiro atoms. The second-order valence-electron chi connectivity index (χ2n) is 4.68. The number of ether oxygens (including phenoxy) is 1. The Morgan fingerprint density at radius 3 is 2.55 bits per heavy atom. The molecule has 0 N–H and O–H groups in total. The van der Waals surface area contributed by atoms with Gasteiger partial charge in [0.15, 0.2) is 0 Å². The molecule has 0 aromatic heterocycles. The van der Waals surface area contributed by atoms with Crippen molar-refractivity contribution < 1.29 is 9.66 Å². The Morgan fingerprint density at radius 2 is 2.00 bits per heavy atom. The highest BCUT2D eigenvalue weighted by molar-refractivity contribution is 5.95. The summed E-state index contributed by atoms with van der Waals surface area (Å²) in [6, 6.07) is 6.30. The van der Waals surface area contributed by atoms with Gasteiger partial charge in [-0.3, -0.25) is 10.1 Å². The maximum atomic E-state index is 10.6. The molecule has 20 heavy (non-hydrogen) atoms. The van der Waals surface area contributed by atoms with Crippen LogP contribution >= 0.6 is 0 Å². The Morgan fingerprint density at radius 1 is 1.35 bits per heavy atom. The number of rotatable bonds is 6. The third kappa shape index (κ3) is 3.33. The number of nitro benzene ring substituents is 1. The van der Waals surface area contributed by atoms with Crippen molar-refractivity contribution in [1.29, 1.82) is 0 Å². The predicted octanol–water partition coefficient (Wildman–Crippen LogP) is 2.08.